The molecule has 0 saturated heterocycles. The first-order valence-corrected chi connectivity index (χ1v) is 7.94. The minimum Gasteiger partial charge on any atom is -0.466 e. The molecule has 0 atom stereocenters. The van der Waals surface area contributed by atoms with Crippen LogP contribution >= 0.6 is 0 Å². The molecule has 7 heteroatoms. The molecule has 0 radical (unpaired) electrons. The average molecular weight is 338 g/mol. The Balaban J connectivity index is 1.77. The summed E-state index contributed by atoms with van der Waals surface area (Å²) in [5, 5.41) is 10.6. The Labute approximate surface area is 144 Å². The maximum atomic E-state index is 11.8. The molecule has 2 N–H and O–H groups in total. The molecule has 25 heavy (non-hydrogen) atoms. The van der Waals surface area contributed by atoms with Gasteiger partial charge in [0.25, 0.3) is 0 Å². The fraction of sp³-hybridized carbons (Fsp3) is 0.222. The molecule has 2 aromatic heterocycles. The van der Waals surface area contributed by atoms with Crippen LogP contribution in [0, 0.1) is 6.92 Å². The fourth-order valence-electron chi connectivity index (χ4n) is 2.53. The summed E-state index contributed by atoms with van der Waals surface area (Å²) < 4.78 is 4.74. The van der Waals surface area contributed by atoms with Gasteiger partial charge in [-0.25, -0.2) is 4.98 Å². The van der Waals surface area contributed by atoms with Crippen molar-refractivity contribution in [3.05, 3.63) is 42.0 Å². The standard InChI is InChI=1S/C18H18N4O3/c1-3-25-18(24)10-17(23)20-16-9-15(21-22-16)14-8-11(2)12-6-4-5-7-13(12)19-14/h4-9H,3,10H2,1-2H3,(H2,20,21,22,23). The number of rotatable bonds is 5. The molecule has 3 aromatic rings. The van der Waals surface area contributed by atoms with E-state index in [4.69, 9.17) is 4.74 Å². The van der Waals surface area contributed by atoms with Crippen molar-refractivity contribution in [2.45, 2.75) is 20.3 Å². The van der Waals surface area contributed by atoms with Crippen molar-refractivity contribution in [1.29, 1.82) is 0 Å². The number of pyridine rings is 1. The molecule has 0 unspecified atom stereocenters. The van der Waals surface area contributed by atoms with E-state index in [0.29, 0.717) is 11.5 Å². The molecule has 2 heterocycles. The predicted octanol–water partition coefficient (Wildman–Crippen LogP) is 2.83. The van der Waals surface area contributed by atoms with E-state index < -0.39 is 11.9 Å². The number of esters is 1. The third-order valence-corrected chi connectivity index (χ3v) is 3.65. The molecule has 7 nitrogen and oxygen atoms in total. The number of benzene rings is 1. The molecule has 1 amide bonds. The number of hydrogen-bond donors (Lipinski definition) is 2. The van der Waals surface area contributed by atoms with Gasteiger partial charge in [0, 0.05) is 11.5 Å². The van der Waals surface area contributed by atoms with Gasteiger partial charge >= 0.3 is 5.97 Å². The van der Waals surface area contributed by atoms with Gasteiger partial charge < -0.3 is 10.1 Å². The fourth-order valence-corrected chi connectivity index (χ4v) is 2.53. The van der Waals surface area contributed by atoms with Crippen LogP contribution in [0.3, 0.4) is 0 Å². The molecule has 0 aliphatic rings. The summed E-state index contributed by atoms with van der Waals surface area (Å²) in [6, 6.07) is 11.5. The zero-order valence-corrected chi connectivity index (χ0v) is 14.0. The van der Waals surface area contributed by atoms with Gasteiger partial charge in [0.05, 0.1) is 23.5 Å². The van der Waals surface area contributed by atoms with Gasteiger partial charge in [0.15, 0.2) is 5.82 Å². The van der Waals surface area contributed by atoms with E-state index in [9.17, 15) is 9.59 Å². The number of carbonyl (C=O) groups is 2. The van der Waals surface area contributed by atoms with E-state index in [1.807, 2.05) is 37.3 Å². The van der Waals surface area contributed by atoms with E-state index in [1.54, 1.807) is 13.0 Å². The zero-order valence-electron chi connectivity index (χ0n) is 14.0. The number of ether oxygens (including phenoxy) is 1. The Bertz CT molecular complexity index is 933. The Hall–Kier alpha value is -3.22. The van der Waals surface area contributed by atoms with Gasteiger partial charge in [-0.15, -0.1) is 0 Å². The number of anilines is 1. The third kappa shape index (κ3) is 3.82. The number of hydrogen-bond acceptors (Lipinski definition) is 5. The molecule has 0 bridgehead atoms. The summed E-state index contributed by atoms with van der Waals surface area (Å²) in [5.41, 5.74) is 3.40. The van der Waals surface area contributed by atoms with Crippen molar-refractivity contribution in [3.8, 4) is 11.4 Å². The van der Waals surface area contributed by atoms with E-state index in [1.165, 1.54) is 0 Å². The van der Waals surface area contributed by atoms with E-state index >= 15 is 0 Å². The van der Waals surface area contributed by atoms with Crippen LogP contribution in [0.4, 0.5) is 5.82 Å². The minimum absolute atomic E-state index is 0.242. The van der Waals surface area contributed by atoms with Gasteiger partial charge in [-0.3, -0.25) is 14.7 Å². The van der Waals surface area contributed by atoms with Gasteiger partial charge in [-0.05, 0) is 31.5 Å². The van der Waals surface area contributed by atoms with Gasteiger partial charge in [0.1, 0.15) is 6.42 Å². The number of para-hydroxylation sites is 1. The van der Waals surface area contributed by atoms with Gasteiger partial charge in [-0.2, -0.15) is 5.10 Å². The Kier molecular flexibility index (Phi) is 4.74. The van der Waals surface area contributed by atoms with Crippen molar-refractivity contribution in [2.24, 2.45) is 0 Å². The van der Waals surface area contributed by atoms with Crippen LogP contribution in [0.25, 0.3) is 22.3 Å². The molecule has 128 valence electrons. The number of aryl methyl sites for hydroxylation is 1. The second-order valence-electron chi connectivity index (χ2n) is 5.54. The lowest BCUT2D eigenvalue weighted by atomic mass is 10.1. The number of nitrogens with zero attached hydrogens (tertiary/aromatic N) is 2. The molecule has 0 fully saturated rings. The number of aromatic nitrogens is 3. The highest BCUT2D eigenvalue weighted by molar-refractivity contribution is 6.01. The number of nitrogens with one attached hydrogen (secondary N) is 2. The molecule has 0 aliphatic heterocycles. The first-order valence-electron chi connectivity index (χ1n) is 7.94. The van der Waals surface area contributed by atoms with Crippen LogP contribution in [0.2, 0.25) is 0 Å². The molecule has 0 spiro atoms. The Morgan fingerprint density at radius 2 is 2.04 bits per heavy atom. The highest BCUT2D eigenvalue weighted by atomic mass is 16.5. The minimum atomic E-state index is -0.567. The number of carbonyl (C=O) groups excluding carboxylic acids is 2. The summed E-state index contributed by atoms with van der Waals surface area (Å²) in [6.07, 6.45) is -0.344. The zero-order chi connectivity index (χ0) is 17.8. The molecule has 0 aliphatic carbocycles. The lowest BCUT2D eigenvalue weighted by Crippen LogP contribution is -2.18. The van der Waals surface area contributed by atoms with Crippen molar-refractivity contribution in [3.63, 3.8) is 0 Å². The van der Waals surface area contributed by atoms with Crippen LogP contribution < -0.4 is 5.32 Å². The van der Waals surface area contributed by atoms with Crippen LogP contribution in [0.1, 0.15) is 18.9 Å². The predicted molar refractivity (Wildman–Crippen MR) is 93.9 cm³/mol. The summed E-state index contributed by atoms with van der Waals surface area (Å²) in [6.45, 7) is 3.95. The highest BCUT2D eigenvalue weighted by Crippen LogP contribution is 2.24. The lowest BCUT2D eigenvalue weighted by molar-refractivity contribution is -0.145. The number of amides is 1. The number of H-pyrrole nitrogens is 1. The topological polar surface area (TPSA) is 97.0 Å². The van der Waals surface area contributed by atoms with E-state index in [-0.39, 0.29) is 13.0 Å². The van der Waals surface area contributed by atoms with Crippen LogP contribution in [-0.2, 0) is 14.3 Å². The first kappa shape index (κ1) is 16.6. The summed E-state index contributed by atoms with van der Waals surface area (Å²) in [7, 11) is 0. The smallest absolute Gasteiger partial charge is 0.315 e. The highest BCUT2D eigenvalue weighted by Gasteiger charge is 2.13. The first-order chi connectivity index (χ1) is 12.1. The van der Waals surface area contributed by atoms with Crippen LogP contribution in [-0.4, -0.2) is 33.7 Å². The average Bonchev–Trinajstić information content (AvgIpc) is 3.03. The largest absolute Gasteiger partial charge is 0.466 e. The van der Waals surface area contributed by atoms with Crippen molar-refractivity contribution in [2.75, 3.05) is 11.9 Å². The normalized spacial score (nSPS) is 10.6. The molecule has 1 aromatic carbocycles. The Morgan fingerprint density at radius 1 is 1.24 bits per heavy atom. The van der Waals surface area contributed by atoms with Crippen LogP contribution in [0.15, 0.2) is 36.4 Å². The summed E-state index contributed by atoms with van der Waals surface area (Å²) in [4.78, 5) is 27.7. The van der Waals surface area contributed by atoms with Gasteiger partial charge in [-0.1, -0.05) is 18.2 Å². The molecule has 3 rings (SSSR count). The third-order valence-electron chi connectivity index (χ3n) is 3.65. The van der Waals surface area contributed by atoms with Crippen molar-refractivity contribution >= 4 is 28.6 Å². The number of aromatic amines is 1. The monoisotopic (exact) mass is 338 g/mol. The van der Waals surface area contributed by atoms with E-state index in [2.05, 4.69) is 20.5 Å². The maximum Gasteiger partial charge on any atom is 0.315 e. The summed E-state index contributed by atoms with van der Waals surface area (Å²) in [5.74, 6) is -0.710. The lowest BCUT2D eigenvalue weighted by Gasteiger charge is -2.04. The van der Waals surface area contributed by atoms with Crippen LogP contribution in [0.5, 0.6) is 0 Å². The second-order valence-corrected chi connectivity index (χ2v) is 5.54. The molecular formula is C18H18N4O3. The second kappa shape index (κ2) is 7.12. The Morgan fingerprint density at radius 3 is 2.84 bits per heavy atom. The molecule has 0 saturated carbocycles. The van der Waals surface area contributed by atoms with Crippen molar-refractivity contribution in [1.82, 2.24) is 15.2 Å². The molecular weight excluding hydrogens is 320 g/mol. The quantitative estimate of drug-likeness (QED) is 0.551. The number of fused-ring (bicyclic) bond motifs is 1. The summed E-state index contributed by atoms with van der Waals surface area (Å²) >= 11 is 0. The van der Waals surface area contributed by atoms with Crippen molar-refractivity contribution < 1.29 is 14.3 Å². The SMILES string of the molecule is CCOC(=O)CC(=O)Nc1cc(-c2cc(C)c3ccccc3n2)[nH]n1. The van der Waals surface area contributed by atoms with Gasteiger partial charge in [0.2, 0.25) is 5.91 Å². The van der Waals surface area contributed by atoms with E-state index in [0.717, 1.165) is 22.2 Å². The maximum absolute atomic E-state index is 11.8.